The van der Waals surface area contributed by atoms with Crippen molar-refractivity contribution in [2.45, 2.75) is 42.3 Å². The quantitative estimate of drug-likeness (QED) is 0.476. The van der Waals surface area contributed by atoms with Gasteiger partial charge in [0.25, 0.3) is 11.5 Å². The summed E-state index contributed by atoms with van der Waals surface area (Å²) in [6.45, 7) is 3.81. The van der Waals surface area contributed by atoms with Gasteiger partial charge in [-0.3, -0.25) is 9.59 Å². The molecule has 3 rings (SSSR count). The highest BCUT2D eigenvalue weighted by molar-refractivity contribution is 7.91. The van der Waals surface area contributed by atoms with Crippen molar-refractivity contribution >= 4 is 22.8 Å². The Kier molecular flexibility index (Phi) is 7.64. The van der Waals surface area contributed by atoms with Crippen LogP contribution in [0.25, 0.3) is 0 Å². The Morgan fingerprint density at radius 3 is 2.36 bits per heavy atom. The van der Waals surface area contributed by atoms with E-state index in [2.05, 4.69) is 4.98 Å². The summed E-state index contributed by atoms with van der Waals surface area (Å²) in [6, 6.07) is 12.9. The molecular formula is C25H22F3N3O4S. The number of carbonyl (C=O) groups is 1. The molecule has 0 bridgehead atoms. The molecule has 36 heavy (non-hydrogen) atoms. The minimum absolute atomic E-state index is 0.106. The first kappa shape index (κ1) is 27.0. The molecule has 0 aliphatic heterocycles. The Morgan fingerprint density at radius 1 is 1.17 bits per heavy atom. The average Bonchev–Trinajstić information content (AvgIpc) is 2.81. The Bertz CT molecular complexity index is 1370. The van der Waals surface area contributed by atoms with Crippen LogP contribution in [0.5, 0.6) is 0 Å². The van der Waals surface area contributed by atoms with Crippen LogP contribution in [-0.4, -0.2) is 32.7 Å². The number of amides is 1. The van der Waals surface area contributed by atoms with Crippen LogP contribution in [0.15, 0.2) is 69.2 Å². The van der Waals surface area contributed by atoms with Gasteiger partial charge in [-0.2, -0.15) is 18.4 Å². The average molecular weight is 518 g/mol. The molecule has 0 aliphatic rings. The molecule has 0 fully saturated rings. The summed E-state index contributed by atoms with van der Waals surface area (Å²) in [5.41, 5.74) is -3.40. The summed E-state index contributed by atoms with van der Waals surface area (Å²) < 4.78 is 53.1. The number of aromatic nitrogens is 1. The number of rotatable bonds is 6. The van der Waals surface area contributed by atoms with Crippen molar-refractivity contribution in [2.75, 3.05) is 11.4 Å². The predicted octanol–water partition coefficient (Wildman–Crippen LogP) is 4.16. The number of nitrogens with one attached hydrogen (secondary N) is 1. The number of nitriles is 1. The van der Waals surface area contributed by atoms with Crippen LogP contribution < -0.4 is 10.5 Å². The number of benzene rings is 2. The molecule has 3 aromatic rings. The van der Waals surface area contributed by atoms with Crippen molar-refractivity contribution in [3.05, 3.63) is 87.3 Å². The highest BCUT2D eigenvalue weighted by atomic mass is 32.2. The summed E-state index contributed by atoms with van der Waals surface area (Å²) in [5, 5.41) is 19.3. The Hall–Kier alpha value is -3.59. The molecule has 2 aromatic carbocycles. The third-order valence-electron chi connectivity index (χ3n) is 5.09. The lowest BCUT2D eigenvalue weighted by molar-refractivity contribution is -0.137. The highest BCUT2D eigenvalue weighted by Gasteiger charge is 2.33. The van der Waals surface area contributed by atoms with Gasteiger partial charge in [0.15, 0.2) is 9.79 Å². The summed E-state index contributed by atoms with van der Waals surface area (Å²) in [4.78, 5) is 30.0. The maximum atomic E-state index is 13.5. The van der Waals surface area contributed by atoms with Gasteiger partial charge in [0.1, 0.15) is 5.56 Å². The molecule has 1 atom stereocenters. The monoisotopic (exact) mass is 517 g/mol. The number of nitrogens with zero attached hydrogens (tertiary/aromatic N) is 2. The second-order valence-corrected chi connectivity index (χ2v) is 10.1. The second-order valence-electron chi connectivity index (χ2n) is 8.66. The third kappa shape index (κ3) is 6.15. The Labute approximate surface area is 208 Å². The zero-order valence-electron chi connectivity index (χ0n) is 19.5. The van der Waals surface area contributed by atoms with E-state index in [4.69, 9.17) is 5.26 Å². The van der Waals surface area contributed by atoms with Gasteiger partial charge in [-0.05, 0) is 63.2 Å². The summed E-state index contributed by atoms with van der Waals surface area (Å²) in [7, 11) is 0. The zero-order valence-corrected chi connectivity index (χ0v) is 20.3. The summed E-state index contributed by atoms with van der Waals surface area (Å²) in [5.74, 6) is -0.976. The van der Waals surface area contributed by atoms with E-state index >= 15 is 0 Å². The predicted molar refractivity (Wildman–Crippen MR) is 127 cm³/mol. The van der Waals surface area contributed by atoms with Crippen molar-refractivity contribution in [1.29, 1.82) is 5.26 Å². The number of aliphatic hydroxyl groups is 1. The molecule has 1 amide bonds. The highest BCUT2D eigenvalue weighted by Crippen LogP contribution is 2.32. The SMILES string of the molecule is Cc1[nH]c(=O)c(C(=O)N(CC(C)(C)O)c2cccc(C(F)(F)F)c2)cc1[S+]([O-])c1ccc(C#N)cc1. The molecule has 0 spiro atoms. The number of H-pyrrole nitrogens is 1. The minimum atomic E-state index is -4.67. The number of aryl methyl sites for hydroxylation is 1. The molecular weight excluding hydrogens is 495 g/mol. The largest absolute Gasteiger partial charge is 0.606 e. The smallest absolute Gasteiger partial charge is 0.416 e. The third-order valence-corrected chi connectivity index (χ3v) is 6.62. The van der Waals surface area contributed by atoms with Crippen LogP contribution in [0.2, 0.25) is 0 Å². The number of alkyl halides is 3. The normalized spacial score (nSPS) is 12.6. The van der Waals surface area contributed by atoms with E-state index in [0.717, 1.165) is 29.2 Å². The van der Waals surface area contributed by atoms with Crippen molar-refractivity contribution in [1.82, 2.24) is 4.98 Å². The Morgan fingerprint density at radius 2 is 1.81 bits per heavy atom. The fraction of sp³-hybridized carbons (Fsp3) is 0.240. The molecule has 1 heterocycles. The first-order chi connectivity index (χ1) is 16.7. The van der Waals surface area contributed by atoms with E-state index in [-0.39, 0.29) is 16.3 Å². The number of aromatic amines is 1. The van der Waals surface area contributed by atoms with Gasteiger partial charge in [-0.1, -0.05) is 6.07 Å². The molecule has 0 aliphatic carbocycles. The lowest BCUT2D eigenvalue weighted by atomic mass is 10.1. The standard InChI is InChI=1S/C25H22F3N3O4S/c1-15-21(36(35)19-9-7-16(13-29)8-10-19)12-20(22(32)30-15)23(33)31(14-24(2,3)34)18-6-4-5-17(11-18)25(26,27)28/h4-12,34H,14H2,1-3H3,(H,30,32). The molecule has 0 saturated carbocycles. The number of pyridine rings is 1. The zero-order chi connectivity index (χ0) is 26.8. The van der Waals surface area contributed by atoms with Gasteiger partial charge < -0.3 is 19.5 Å². The number of carbonyl (C=O) groups excluding carboxylic acids is 1. The number of hydrogen-bond donors (Lipinski definition) is 2. The lowest BCUT2D eigenvalue weighted by Crippen LogP contribution is -2.44. The maximum Gasteiger partial charge on any atom is 0.416 e. The van der Waals surface area contributed by atoms with Crippen molar-refractivity contribution in [3.63, 3.8) is 0 Å². The summed E-state index contributed by atoms with van der Waals surface area (Å²) in [6.07, 6.45) is -4.67. The van der Waals surface area contributed by atoms with Crippen LogP contribution in [0.1, 0.15) is 41.0 Å². The minimum Gasteiger partial charge on any atom is -0.606 e. The van der Waals surface area contributed by atoms with E-state index in [0.29, 0.717) is 10.5 Å². The summed E-state index contributed by atoms with van der Waals surface area (Å²) >= 11 is -1.84. The molecule has 1 unspecified atom stereocenters. The molecule has 1 aromatic heterocycles. The van der Waals surface area contributed by atoms with Gasteiger partial charge in [-0.25, -0.2) is 0 Å². The first-order valence-electron chi connectivity index (χ1n) is 10.6. The number of halogens is 3. The lowest BCUT2D eigenvalue weighted by Gasteiger charge is -2.29. The van der Waals surface area contributed by atoms with E-state index in [1.54, 1.807) is 0 Å². The van der Waals surface area contributed by atoms with E-state index < -0.39 is 52.1 Å². The fourth-order valence-electron chi connectivity index (χ4n) is 3.40. The van der Waals surface area contributed by atoms with Crippen LogP contribution >= 0.6 is 0 Å². The van der Waals surface area contributed by atoms with Crippen molar-refractivity contribution in [2.24, 2.45) is 0 Å². The van der Waals surface area contributed by atoms with Crippen molar-refractivity contribution in [3.8, 4) is 6.07 Å². The molecule has 0 radical (unpaired) electrons. The van der Waals surface area contributed by atoms with E-state index in [1.807, 2.05) is 6.07 Å². The van der Waals surface area contributed by atoms with E-state index in [1.165, 1.54) is 51.1 Å². The van der Waals surface area contributed by atoms with Gasteiger partial charge in [0.05, 0.1) is 35.0 Å². The van der Waals surface area contributed by atoms with Crippen molar-refractivity contribution < 1.29 is 27.6 Å². The molecule has 7 nitrogen and oxygen atoms in total. The van der Waals surface area contributed by atoms with Crippen LogP contribution in [0.4, 0.5) is 18.9 Å². The molecule has 11 heteroatoms. The maximum absolute atomic E-state index is 13.5. The number of hydrogen-bond acceptors (Lipinski definition) is 5. The first-order valence-corrected chi connectivity index (χ1v) is 11.7. The Balaban J connectivity index is 2.10. The number of anilines is 1. The van der Waals surface area contributed by atoms with Gasteiger partial charge in [0.2, 0.25) is 0 Å². The molecule has 2 N–H and O–H groups in total. The second kappa shape index (κ2) is 10.2. The van der Waals surface area contributed by atoms with Gasteiger partial charge in [0, 0.05) is 22.9 Å². The molecule has 188 valence electrons. The van der Waals surface area contributed by atoms with E-state index in [9.17, 15) is 32.4 Å². The van der Waals surface area contributed by atoms with Gasteiger partial charge in [-0.15, -0.1) is 0 Å². The van der Waals surface area contributed by atoms with Crippen LogP contribution in [0, 0.1) is 18.3 Å². The fourth-order valence-corrected chi connectivity index (χ4v) is 4.59. The van der Waals surface area contributed by atoms with Crippen LogP contribution in [0.3, 0.4) is 0 Å². The van der Waals surface area contributed by atoms with Crippen LogP contribution in [-0.2, 0) is 17.4 Å². The topological polar surface area (TPSA) is 120 Å². The van der Waals surface area contributed by atoms with Gasteiger partial charge >= 0.3 is 6.18 Å². The molecule has 0 saturated heterocycles.